The highest BCUT2D eigenvalue weighted by Crippen LogP contribution is 2.28. The molecule has 2 aromatic carbocycles. The largest absolute Gasteiger partial charge is 0.573 e. The summed E-state index contributed by atoms with van der Waals surface area (Å²) in [5.74, 6) is -0.442. The van der Waals surface area contributed by atoms with Crippen LogP contribution in [0.5, 0.6) is 5.75 Å². The molecule has 0 aliphatic carbocycles. The van der Waals surface area contributed by atoms with Crippen molar-refractivity contribution < 1.29 is 36.2 Å². The molecule has 0 aliphatic heterocycles. The summed E-state index contributed by atoms with van der Waals surface area (Å²) in [5.41, 5.74) is 0.348. The molecule has 0 spiro atoms. The van der Waals surface area contributed by atoms with E-state index >= 15 is 0 Å². The Morgan fingerprint density at radius 1 is 0.792 bits per heavy atom. The lowest BCUT2D eigenvalue weighted by Gasteiger charge is -2.15. The third-order valence-corrected chi connectivity index (χ3v) is 2.94. The molecule has 24 heavy (non-hydrogen) atoms. The molecule has 2 rings (SSSR count). The lowest BCUT2D eigenvalue weighted by molar-refractivity contribution is -0.274. The van der Waals surface area contributed by atoms with E-state index in [0.717, 1.165) is 24.3 Å². The molecule has 0 radical (unpaired) electrons. The Morgan fingerprint density at radius 3 is 1.67 bits per heavy atom. The van der Waals surface area contributed by atoms with Gasteiger partial charge in [-0.2, -0.15) is 13.2 Å². The number of alkyl halides is 6. The maximum atomic E-state index is 12.2. The lowest BCUT2D eigenvalue weighted by Crippen LogP contribution is -2.20. The third-order valence-electron chi connectivity index (χ3n) is 2.94. The SMILES string of the molecule is OC(c1ccc(NC(F)(F)F)cc1)c1ccc(OC(F)(F)F)cc1. The molecule has 0 aromatic heterocycles. The number of aliphatic hydroxyl groups excluding tert-OH is 1. The van der Waals surface area contributed by atoms with Crippen LogP contribution in [0.25, 0.3) is 0 Å². The second kappa shape index (κ2) is 6.60. The van der Waals surface area contributed by atoms with E-state index in [0.29, 0.717) is 0 Å². The fraction of sp³-hybridized carbons (Fsp3) is 0.200. The minimum absolute atomic E-state index is 0.202. The first-order valence-electron chi connectivity index (χ1n) is 6.52. The summed E-state index contributed by atoms with van der Waals surface area (Å²) in [7, 11) is 0. The zero-order chi connectivity index (χ0) is 18.0. The molecule has 0 saturated carbocycles. The van der Waals surface area contributed by atoms with Crippen LogP contribution in [-0.2, 0) is 0 Å². The van der Waals surface area contributed by atoms with Crippen molar-refractivity contribution >= 4 is 5.69 Å². The third kappa shape index (κ3) is 5.34. The molecule has 0 saturated heterocycles. The standard InChI is InChI=1S/C15H11F6NO2/c16-14(17,18)22-11-5-1-9(2-6-11)13(23)10-3-7-12(8-4-10)24-15(19,20)21/h1-8,13,22-23H. The highest BCUT2D eigenvalue weighted by atomic mass is 19.4. The predicted octanol–water partition coefficient (Wildman–Crippen LogP) is 4.60. The van der Waals surface area contributed by atoms with Crippen molar-refractivity contribution in [2.24, 2.45) is 0 Å². The van der Waals surface area contributed by atoms with Crippen LogP contribution in [0.15, 0.2) is 48.5 Å². The topological polar surface area (TPSA) is 41.5 Å². The summed E-state index contributed by atoms with van der Waals surface area (Å²) in [6, 6.07) is 9.34. The number of hydrogen-bond acceptors (Lipinski definition) is 3. The molecule has 3 nitrogen and oxygen atoms in total. The zero-order valence-electron chi connectivity index (χ0n) is 11.8. The van der Waals surface area contributed by atoms with E-state index in [2.05, 4.69) is 4.74 Å². The smallest absolute Gasteiger partial charge is 0.406 e. The molecule has 0 amide bonds. The van der Waals surface area contributed by atoms with Gasteiger partial charge < -0.3 is 9.84 Å². The van der Waals surface area contributed by atoms with Crippen molar-refractivity contribution in [2.75, 3.05) is 5.32 Å². The molecule has 2 N–H and O–H groups in total. The van der Waals surface area contributed by atoms with E-state index in [1.807, 2.05) is 0 Å². The fourth-order valence-corrected chi connectivity index (χ4v) is 1.96. The number of rotatable bonds is 4. The number of benzene rings is 2. The van der Waals surface area contributed by atoms with E-state index < -0.39 is 24.5 Å². The fourth-order valence-electron chi connectivity index (χ4n) is 1.96. The van der Waals surface area contributed by atoms with Gasteiger partial charge >= 0.3 is 12.7 Å². The van der Waals surface area contributed by atoms with E-state index in [1.54, 1.807) is 0 Å². The highest BCUT2D eigenvalue weighted by molar-refractivity contribution is 5.46. The summed E-state index contributed by atoms with van der Waals surface area (Å²) in [4.78, 5) is 0. The van der Waals surface area contributed by atoms with Gasteiger partial charge in [0.1, 0.15) is 11.9 Å². The van der Waals surface area contributed by atoms with Gasteiger partial charge in [-0.05, 0) is 35.4 Å². The number of ether oxygens (including phenoxy) is 1. The van der Waals surface area contributed by atoms with Crippen molar-refractivity contribution in [3.8, 4) is 5.75 Å². The predicted molar refractivity (Wildman–Crippen MR) is 73.3 cm³/mol. The van der Waals surface area contributed by atoms with Crippen molar-refractivity contribution in [1.82, 2.24) is 0 Å². The van der Waals surface area contributed by atoms with Crippen molar-refractivity contribution in [3.05, 3.63) is 59.7 Å². The normalized spacial score (nSPS) is 13.5. The summed E-state index contributed by atoms with van der Waals surface area (Å²) in [5, 5.41) is 11.4. The highest BCUT2D eigenvalue weighted by Gasteiger charge is 2.31. The summed E-state index contributed by atoms with van der Waals surface area (Å²) < 4.78 is 76.4. The Labute approximate surface area is 132 Å². The number of anilines is 1. The van der Waals surface area contributed by atoms with Crippen LogP contribution in [0, 0.1) is 0 Å². The second-order valence-corrected chi connectivity index (χ2v) is 4.76. The van der Waals surface area contributed by atoms with E-state index in [1.165, 1.54) is 29.6 Å². The van der Waals surface area contributed by atoms with Crippen LogP contribution in [0.4, 0.5) is 32.0 Å². The number of hydrogen-bond donors (Lipinski definition) is 2. The van der Waals surface area contributed by atoms with Crippen LogP contribution in [-0.4, -0.2) is 17.8 Å². The molecule has 130 valence electrons. The Morgan fingerprint density at radius 2 is 1.25 bits per heavy atom. The van der Waals surface area contributed by atoms with Crippen LogP contribution < -0.4 is 10.1 Å². The van der Waals surface area contributed by atoms with Crippen molar-refractivity contribution in [2.45, 2.75) is 18.8 Å². The van der Waals surface area contributed by atoms with Crippen LogP contribution in [0.1, 0.15) is 17.2 Å². The molecule has 1 atom stereocenters. The number of aliphatic hydroxyl groups is 1. The van der Waals surface area contributed by atoms with E-state index in [-0.39, 0.29) is 16.8 Å². The summed E-state index contributed by atoms with van der Waals surface area (Å²) in [6.07, 6.45) is -10.6. The molecule has 0 heterocycles. The quantitative estimate of drug-likeness (QED) is 0.625. The van der Waals surface area contributed by atoms with Gasteiger partial charge in [0.2, 0.25) is 0 Å². The Balaban J connectivity index is 2.09. The molecule has 9 heteroatoms. The first-order chi connectivity index (χ1) is 11.0. The molecule has 0 aliphatic rings. The zero-order valence-corrected chi connectivity index (χ0v) is 11.8. The summed E-state index contributed by atoms with van der Waals surface area (Å²) in [6.45, 7) is 0. The van der Waals surface area contributed by atoms with Gasteiger partial charge in [0, 0.05) is 5.69 Å². The maximum Gasteiger partial charge on any atom is 0.573 e. The van der Waals surface area contributed by atoms with Gasteiger partial charge in [-0.1, -0.05) is 24.3 Å². The Hall–Kier alpha value is -2.42. The van der Waals surface area contributed by atoms with Gasteiger partial charge in [0.25, 0.3) is 0 Å². The first-order valence-corrected chi connectivity index (χ1v) is 6.52. The minimum atomic E-state index is -4.82. The average Bonchev–Trinajstić information content (AvgIpc) is 2.45. The Bertz CT molecular complexity index is 605. The van der Waals surface area contributed by atoms with Crippen LogP contribution >= 0.6 is 0 Å². The van der Waals surface area contributed by atoms with Gasteiger partial charge in [-0.3, -0.25) is 5.32 Å². The van der Waals surface area contributed by atoms with Crippen LogP contribution in [0.3, 0.4) is 0 Å². The molecule has 2 aromatic rings. The molecule has 1 unspecified atom stereocenters. The van der Waals surface area contributed by atoms with E-state index in [4.69, 9.17) is 0 Å². The minimum Gasteiger partial charge on any atom is -0.406 e. The molecular weight excluding hydrogens is 340 g/mol. The average molecular weight is 351 g/mol. The molecule has 0 fully saturated rings. The number of nitrogens with one attached hydrogen (secondary N) is 1. The van der Waals surface area contributed by atoms with Gasteiger partial charge in [-0.25, -0.2) is 0 Å². The van der Waals surface area contributed by atoms with Gasteiger partial charge in [0.15, 0.2) is 0 Å². The maximum absolute atomic E-state index is 12.2. The van der Waals surface area contributed by atoms with E-state index in [9.17, 15) is 31.4 Å². The van der Waals surface area contributed by atoms with Gasteiger partial charge in [-0.15, -0.1) is 13.2 Å². The molecule has 0 bridgehead atoms. The van der Waals surface area contributed by atoms with Crippen molar-refractivity contribution in [3.63, 3.8) is 0 Å². The van der Waals surface area contributed by atoms with Gasteiger partial charge in [0.05, 0.1) is 0 Å². The van der Waals surface area contributed by atoms with Crippen LogP contribution in [0.2, 0.25) is 0 Å². The monoisotopic (exact) mass is 351 g/mol. The summed E-state index contributed by atoms with van der Waals surface area (Å²) >= 11 is 0. The number of halogens is 6. The first kappa shape index (κ1) is 17.9. The molecular formula is C15H11F6NO2. The van der Waals surface area contributed by atoms with Crippen molar-refractivity contribution in [1.29, 1.82) is 0 Å². The Kier molecular flexibility index (Phi) is 4.93. The second-order valence-electron chi connectivity index (χ2n) is 4.76. The lowest BCUT2D eigenvalue weighted by atomic mass is 10.0.